The third kappa shape index (κ3) is 3.31. The van der Waals surface area contributed by atoms with Gasteiger partial charge in [0.05, 0.1) is 7.11 Å². The van der Waals surface area contributed by atoms with E-state index in [9.17, 15) is 9.90 Å². The van der Waals surface area contributed by atoms with Crippen molar-refractivity contribution in [1.29, 1.82) is 0 Å². The number of piperidine rings is 1. The molecule has 4 heteroatoms. The number of ether oxygens (including phenoxy) is 1. The first-order chi connectivity index (χ1) is 9.65. The van der Waals surface area contributed by atoms with Crippen molar-refractivity contribution in [2.75, 3.05) is 20.2 Å². The van der Waals surface area contributed by atoms with Crippen molar-refractivity contribution in [3.63, 3.8) is 0 Å². The minimum Gasteiger partial charge on any atom is -0.497 e. The smallest absolute Gasteiger partial charge is 0.320 e. The van der Waals surface area contributed by atoms with Crippen molar-refractivity contribution >= 4 is 5.97 Å². The molecule has 1 atom stereocenters. The molecule has 1 aromatic rings. The van der Waals surface area contributed by atoms with Crippen LogP contribution in [0.5, 0.6) is 5.75 Å². The second kappa shape index (κ2) is 6.75. The largest absolute Gasteiger partial charge is 0.497 e. The fourth-order valence-electron chi connectivity index (χ4n) is 3.03. The van der Waals surface area contributed by atoms with Gasteiger partial charge in [-0.1, -0.05) is 19.1 Å². The minimum absolute atomic E-state index is 0.332. The third-order valence-corrected chi connectivity index (χ3v) is 4.21. The normalized spacial score (nSPS) is 18.7. The molecule has 0 aliphatic carbocycles. The maximum absolute atomic E-state index is 11.2. The summed E-state index contributed by atoms with van der Waals surface area (Å²) in [6.45, 7) is 3.65. The molecule has 1 aliphatic heterocycles. The van der Waals surface area contributed by atoms with Gasteiger partial charge in [-0.3, -0.25) is 9.69 Å². The lowest BCUT2D eigenvalue weighted by Gasteiger charge is -2.35. The van der Waals surface area contributed by atoms with Crippen LogP contribution in [0.1, 0.15) is 37.7 Å². The molecule has 1 heterocycles. The van der Waals surface area contributed by atoms with Crippen LogP contribution in [0.2, 0.25) is 0 Å². The van der Waals surface area contributed by atoms with Crippen molar-refractivity contribution in [1.82, 2.24) is 4.90 Å². The summed E-state index contributed by atoms with van der Waals surface area (Å²) in [5.41, 5.74) is 1.30. The van der Waals surface area contributed by atoms with E-state index in [1.165, 1.54) is 5.56 Å². The van der Waals surface area contributed by atoms with Gasteiger partial charge in [0, 0.05) is 0 Å². The van der Waals surface area contributed by atoms with Crippen LogP contribution in [-0.4, -0.2) is 42.2 Å². The van der Waals surface area contributed by atoms with Crippen LogP contribution in [0.3, 0.4) is 0 Å². The Labute approximate surface area is 120 Å². The van der Waals surface area contributed by atoms with E-state index in [1.807, 2.05) is 19.1 Å². The first-order valence-electron chi connectivity index (χ1n) is 7.26. The van der Waals surface area contributed by atoms with Gasteiger partial charge in [-0.25, -0.2) is 0 Å². The number of aliphatic carboxylic acids is 1. The van der Waals surface area contributed by atoms with Crippen molar-refractivity contribution in [3.05, 3.63) is 29.8 Å². The first kappa shape index (κ1) is 14.9. The summed E-state index contributed by atoms with van der Waals surface area (Å²) in [5.74, 6) is 0.696. The van der Waals surface area contributed by atoms with Crippen LogP contribution >= 0.6 is 0 Å². The summed E-state index contributed by atoms with van der Waals surface area (Å²) in [6, 6.07) is 7.87. The highest BCUT2D eigenvalue weighted by molar-refractivity contribution is 5.73. The molecule has 1 aliphatic rings. The number of benzene rings is 1. The predicted molar refractivity (Wildman–Crippen MR) is 78.3 cm³/mol. The molecule has 0 aromatic heterocycles. The summed E-state index contributed by atoms with van der Waals surface area (Å²) in [7, 11) is 1.68. The highest BCUT2D eigenvalue weighted by atomic mass is 16.5. The zero-order valence-electron chi connectivity index (χ0n) is 12.2. The van der Waals surface area contributed by atoms with Crippen LogP contribution in [0.25, 0.3) is 0 Å². The van der Waals surface area contributed by atoms with Crippen LogP contribution in [0.4, 0.5) is 0 Å². The van der Waals surface area contributed by atoms with Gasteiger partial charge in [-0.05, 0) is 56.0 Å². The van der Waals surface area contributed by atoms with E-state index in [0.717, 1.165) is 31.7 Å². The number of hydrogen-bond acceptors (Lipinski definition) is 3. The van der Waals surface area contributed by atoms with Gasteiger partial charge in [0.15, 0.2) is 0 Å². The highest BCUT2D eigenvalue weighted by Crippen LogP contribution is 2.31. The quantitative estimate of drug-likeness (QED) is 0.899. The summed E-state index contributed by atoms with van der Waals surface area (Å²) >= 11 is 0. The van der Waals surface area contributed by atoms with Gasteiger partial charge < -0.3 is 9.84 Å². The lowest BCUT2D eigenvalue weighted by Crippen LogP contribution is -2.44. The molecular formula is C16H23NO3. The number of methoxy groups -OCH3 is 1. The van der Waals surface area contributed by atoms with Crippen molar-refractivity contribution in [2.45, 2.75) is 38.1 Å². The molecule has 1 N–H and O–H groups in total. The molecule has 0 amide bonds. The summed E-state index contributed by atoms with van der Waals surface area (Å²) in [4.78, 5) is 13.3. The lowest BCUT2D eigenvalue weighted by atomic mass is 9.88. The van der Waals surface area contributed by atoms with Gasteiger partial charge in [0.25, 0.3) is 0 Å². The molecule has 1 unspecified atom stereocenters. The summed E-state index contributed by atoms with van der Waals surface area (Å²) in [6.07, 6.45) is 2.69. The molecule has 4 nitrogen and oxygen atoms in total. The average Bonchev–Trinajstić information content (AvgIpc) is 2.48. The van der Waals surface area contributed by atoms with Gasteiger partial charge in [-0.15, -0.1) is 0 Å². The Hall–Kier alpha value is -1.55. The number of rotatable bonds is 5. The Morgan fingerprint density at radius 2 is 2.15 bits per heavy atom. The van der Waals surface area contributed by atoms with E-state index in [-0.39, 0.29) is 6.04 Å². The molecule has 1 fully saturated rings. The molecule has 110 valence electrons. The summed E-state index contributed by atoms with van der Waals surface area (Å²) in [5, 5.41) is 9.22. The van der Waals surface area contributed by atoms with Crippen molar-refractivity contribution in [2.24, 2.45) is 0 Å². The minimum atomic E-state index is -0.702. The number of nitrogens with zero attached hydrogens (tertiary/aromatic N) is 1. The number of carboxylic acid groups (broad SMARTS) is 1. The van der Waals surface area contributed by atoms with Gasteiger partial charge in [-0.2, -0.15) is 0 Å². The van der Waals surface area contributed by atoms with Crippen molar-refractivity contribution < 1.29 is 14.6 Å². The predicted octanol–water partition coefficient (Wildman–Crippen LogP) is 2.74. The van der Waals surface area contributed by atoms with Gasteiger partial charge >= 0.3 is 5.97 Å². The Bertz CT molecular complexity index is 453. The number of carboxylic acids is 1. The van der Waals surface area contributed by atoms with E-state index in [4.69, 9.17) is 4.74 Å². The SMILES string of the molecule is CCC(C(=O)O)N1CCC(c2cccc(OC)c2)CC1. The second-order valence-electron chi connectivity index (χ2n) is 5.35. The first-order valence-corrected chi connectivity index (χ1v) is 7.26. The third-order valence-electron chi connectivity index (χ3n) is 4.21. The van der Waals surface area contributed by atoms with Crippen LogP contribution in [-0.2, 0) is 4.79 Å². The standard InChI is InChI=1S/C16H23NO3/c1-3-15(16(18)19)17-9-7-12(8-10-17)13-5-4-6-14(11-13)20-2/h4-6,11-12,15H,3,7-10H2,1-2H3,(H,18,19). The number of hydrogen-bond donors (Lipinski definition) is 1. The topological polar surface area (TPSA) is 49.8 Å². The Morgan fingerprint density at radius 1 is 1.45 bits per heavy atom. The Kier molecular flexibility index (Phi) is 5.01. The zero-order chi connectivity index (χ0) is 14.5. The Balaban J connectivity index is 1.98. The molecule has 0 spiro atoms. The fourth-order valence-corrected chi connectivity index (χ4v) is 3.03. The molecule has 2 rings (SSSR count). The fraction of sp³-hybridized carbons (Fsp3) is 0.562. The maximum Gasteiger partial charge on any atom is 0.320 e. The van der Waals surface area contributed by atoms with E-state index >= 15 is 0 Å². The van der Waals surface area contributed by atoms with E-state index < -0.39 is 5.97 Å². The van der Waals surface area contributed by atoms with Gasteiger partial charge in [0.2, 0.25) is 0 Å². The lowest BCUT2D eigenvalue weighted by molar-refractivity contribution is -0.143. The van der Waals surface area contributed by atoms with Crippen LogP contribution in [0, 0.1) is 0 Å². The molecule has 0 radical (unpaired) electrons. The van der Waals surface area contributed by atoms with E-state index in [0.29, 0.717) is 12.3 Å². The van der Waals surface area contributed by atoms with Crippen LogP contribution in [0.15, 0.2) is 24.3 Å². The molecule has 1 saturated heterocycles. The molecule has 0 saturated carbocycles. The molecule has 0 bridgehead atoms. The monoisotopic (exact) mass is 277 g/mol. The maximum atomic E-state index is 11.2. The highest BCUT2D eigenvalue weighted by Gasteiger charge is 2.28. The van der Waals surface area contributed by atoms with E-state index in [1.54, 1.807) is 7.11 Å². The number of carbonyl (C=O) groups is 1. The Morgan fingerprint density at radius 3 is 2.70 bits per heavy atom. The molecule has 1 aromatic carbocycles. The molecule has 20 heavy (non-hydrogen) atoms. The molecular weight excluding hydrogens is 254 g/mol. The number of likely N-dealkylation sites (tertiary alicyclic amines) is 1. The van der Waals surface area contributed by atoms with E-state index in [2.05, 4.69) is 17.0 Å². The zero-order valence-corrected chi connectivity index (χ0v) is 12.2. The van der Waals surface area contributed by atoms with Crippen molar-refractivity contribution in [3.8, 4) is 5.75 Å². The second-order valence-corrected chi connectivity index (χ2v) is 5.35. The average molecular weight is 277 g/mol. The summed E-state index contributed by atoms with van der Waals surface area (Å²) < 4.78 is 5.27. The van der Waals surface area contributed by atoms with Crippen LogP contribution < -0.4 is 4.74 Å². The van der Waals surface area contributed by atoms with Gasteiger partial charge in [0.1, 0.15) is 11.8 Å².